The van der Waals surface area contributed by atoms with Gasteiger partial charge in [-0.2, -0.15) is 0 Å². The Morgan fingerprint density at radius 1 is 1.30 bits per heavy atom. The first-order valence-corrected chi connectivity index (χ1v) is 8.74. The number of carbonyl (C=O) groups is 1. The second kappa shape index (κ2) is 7.45. The molecular weight excluding hydrogens is 292 g/mol. The van der Waals surface area contributed by atoms with Gasteiger partial charge in [0.1, 0.15) is 0 Å². The fourth-order valence-corrected chi connectivity index (χ4v) is 3.86. The van der Waals surface area contributed by atoms with Gasteiger partial charge in [0.2, 0.25) is 0 Å². The summed E-state index contributed by atoms with van der Waals surface area (Å²) in [6.07, 6.45) is 9.72. The minimum atomic E-state index is -0.0653. The minimum Gasteiger partial charge on any atom is -0.379 e. The largest absolute Gasteiger partial charge is 0.379 e. The molecule has 0 spiro atoms. The Kier molecular flexibility index (Phi) is 5.33. The zero-order valence-corrected chi connectivity index (χ0v) is 14.1. The van der Waals surface area contributed by atoms with Crippen LogP contribution in [0.3, 0.4) is 0 Å². The Hall–Kier alpha value is -1.40. The summed E-state index contributed by atoms with van der Waals surface area (Å²) in [6, 6.07) is 0. The van der Waals surface area contributed by atoms with Crippen LogP contribution >= 0.6 is 0 Å². The number of morpholine rings is 1. The van der Waals surface area contributed by atoms with E-state index in [9.17, 15) is 4.79 Å². The van der Waals surface area contributed by atoms with Gasteiger partial charge in [-0.1, -0.05) is 19.3 Å². The fraction of sp³-hybridized carbons (Fsp3) is 0.765. The van der Waals surface area contributed by atoms with E-state index < -0.39 is 0 Å². The van der Waals surface area contributed by atoms with Gasteiger partial charge < -0.3 is 14.6 Å². The van der Waals surface area contributed by atoms with Crippen LogP contribution in [0.2, 0.25) is 0 Å². The average molecular weight is 320 g/mol. The van der Waals surface area contributed by atoms with E-state index in [1.54, 1.807) is 17.0 Å². The molecule has 1 aliphatic carbocycles. The number of hydrogen-bond acceptors (Lipinski definition) is 4. The Balaban J connectivity index is 1.61. The first-order chi connectivity index (χ1) is 11.2. The summed E-state index contributed by atoms with van der Waals surface area (Å²) in [7, 11) is 1.85. The van der Waals surface area contributed by atoms with Crippen molar-refractivity contribution in [1.29, 1.82) is 0 Å². The Labute approximate surface area is 138 Å². The highest BCUT2D eigenvalue weighted by Gasteiger charge is 2.35. The zero-order valence-electron chi connectivity index (χ0n) is 14.1. The molecule has 0 unspecified atom stereocenters. The van der Waals surface area contributed by atoms with Crippen LogP contribution < -0.4 is 5.32 Å². The Morgan fingerprint density at radius 2 is 2.04 bits per heavy atom. The molecule has 1 saturated carbocycles. The number of amides is 1. The number of carbonyl (C=O) groups excluding carboxylic acids is 1. The van der Waals surface area contributed by atoms with E-state index in [0.29, 0.717) is 5.82 Å². The van der Waals surface area contributed by atoms with E-state index in [2.05, 4.69) is 15.2 Å². The highest BCUT2D eigenvalue weighted by Crippen LogP contribution is 2.36. The van der Waals surface area contributed by atoms with Crippen molar-refractivity contribution in [1.82, 2.24) is 19.8 Å². The fourth-order valence-electron chi connectivity index (χ4n) is 3.86. The van der Waals surface area contributed by atoms with Gasteiger partial charge in [0.15, 0.2) is 5.82 Å². The lowest BCUT2D eigenvalue weighted by Crippen LogP contribution is -2.49. The highest BCUT2D eigenvalue weighted by molar-refractivity contribution is 5.90. The molecule has 3 rings (SSSR count). The third-order valence-electron chi connectivity index (χ3n) is 5.23. The predicted octanol–water partition coefficient (Wildman–Crippen LogP) is 1.43. The summed E-state index contributed by atoms with van der Waals surface area (Å²) in [6.45, 7) is 5.49. The summed E-state index contributed by atoms with van der Waals surface area (Å²) in [5, 5.41) is 3.15. The molecule has 1 aromatic rings. The van der Waals surface area contributed by atoms with Crippen LogP contribution in [0.25, 0.3) is 0 Å². The normalized spacial score (nSPS) is 22.0. The molecule has 2 fully saturated rings. The van der Waals surface area contributed by atoms with Crippen LogP contribution in [0.1, 0.15) is 42.7 Å². The molecule has 1 aliphatic heterocycles. The minimum absolute atomic E-state index is 0.0653. The molecule has 6 heteroatoms. The zero-order chi connectivity index (χ0) is 16.1. The van der Waals surface area contributed by atoms with E-state index >= 15 is 0 Å². The van der Waals surface area contributed by atoms with Crippen molar-refractivity contribution in [3.8, 4) is 0 Å². The lowest BCUT2D eigenvalue weighted by Gasteiger charge is -2.42. The number of aryl methyl sites for hydroxylation is 1. The van der Waals surface area contributed by atoms with Crippen molar-refractivity contribution in [2.45, 2.75) is 32.1 Å². The van der Waals surface area contributed by atoms with Crippen LogP contribution in [-0.4, -0.2) is 59.8 Å². The molecule has 0 bridgehead atoms. The quantitative estimate of drug-likeness (QED) is 0.892. The van der Waals surface area contributed by atoms with E-state index in [1.165, 1.54) is 32.1 Å². The molecule has 1 amide bonds. The molecule has 1 aromatic heterocycles. The van der Waals surface area contributed by atoms with Crippen LogP contribution in [-0.2, 0) is 11.8 Å². The van der Waals surface area contributed by atoms with Crippen LogP contribution in [0, 0.1) is 5.41 Å². The van der Waals surface area contributed by atoms with Crippen molar-refractivity contribution in [2.75, 3.05) is 39.4 Å². The van der Waals surface area contributed by atoms with E-state index in [4.69, 9.17) is 4.74 Å². The molecule has 0 radical (unpaired) electrons. The maximum Gasteiger partial charge on any atom is 0.287 e. The van der Waals surface area contributed by atoms with E-state index in [-0.39, 0.29) is 11.3 Å². The third-order valence-corrected chi connectivity index (χ3v) is 5.23. The highest BCUT2D eigenvalue weighted by atomic mass is 16.5. The molecule has 23 heavy (non-hydrogen) atoms. The SMILES string of the molecule is Cn1ccnc1C(=O)NCC1(CN2CCOCC2)CCCCC1. The monoisotopic (exact) mass is 320 g/mol. The second-order valence-corrected chi connectivity index (χ2v) is 6.99. The number of aromatic nitrogens is 2. The molecule has 6 nitrogen and oxygen atoms in total. The number of hydrogen-bond donors (Lipinski definition) is 1. The molecule has 1 saturated heterocycles. The number of imidazole rings is 1. The predicted molar refractivity (Wildman–Crippen MR) is 88.3 cm³/mol. The van der Waals surface area contributed by atoms with Crippen molar-refractivity contribution in [3.63, 3.8) is 0 Å². The van der Waals surface area contributed by atoms with Crippen molar-refractivity contribution in [3.05, 3.63) is 18.2 Å². The Morgan fingerprint density at radius 3 is 2.70 bits per heavy atom. The summed E-state index contributed by atoms with van der Waals surface area (Å²) in [4.78, 5) is 19.0. The average Bonchev–Trinajstić information content (AvgIpc) is 3.01. The lowest BCUT2D eigenvalue weighted by atomic mass is 9.73. The van der Waals surface area contributed by atoms with Gasteiger partial charge in [0, 0.05) is 51.0 Å². The molecule has 0 atom stereocenters. The standard InChI is InChI=1S/C17H28N4O2/c1-20-8-7-18-15(20)16(22)19-13-17(5-3-2-4-6-17)14-21-9-11-23-12-10-21/h7-8H,2-6,9-14H2,1H3,(H,19,22). The van der Waals surface area contributed by atoms with Gasteiger partial charge in [-0.05, 0) is 12.8 Å². The van der Waals surface area contributed by atoms with Gasteiger partial charge in [-0.15, -0.1) is 0 Å². The number of rotatable bonds is 5. The third kappa shape index (κ3) is 4.12. The van der Waals surface area contributed by atoms with E-state index in [1.807, 2.05) is 7.05 Å². The van der Waals surface area contributed by atoms with Crippen molar-refractivity contribution >= 4 is 5.91 Å². The number of nitrogens with one attached hydrogen (secondary N) is 1. The topological polar surface area (TPSA) is 59.4 Å². The lowest BCUT2D eigenvalue weighted by molar-refractivity contribution is 0.00724. The van der Waals surface area contributed by atoms with Gasteiger partial charge in [-0.3, -0.25) is 9.69 Å². The number of nitrogens with zero attached hydrogens (tertiary/aromatic N) is 3. The van der Waals surface area contributed by atoms with Crippen LogP contribution in [0.15, 0.2) is 12.4 Å². The summed E-state index contributed by atoms with van der Waals surface area (Å²) in [5.74, 6) is 0.423. The second-order valence-electron chi connectivity index (χ2n) is 6.99. The van der Waals surface area contributed by atoms with Crippen molar-refractivity contribution in [2.24, 2.45) is 12.5 Å². The Bertz CT molecular complexity index is 516. The van der Waals surface area contributed by atoms with Crippen molar-refractivity contribution < 1.29 is 9.53 Å². The molecule has 2 heterocycles. The smallest absolute Gasteiger partial charge is 0.287 e. The maximum atomic E-state index is 12.4. The van der Waals surface area contributed by atoms with Gasteiger partial charge in [-0.25, -0.2) is 4.98 Å². The van der Waals surface area contributed by atoms with E-state index in [0.717, 1.165) is 39.4 Å². The summed E-state index contributed by atoms with van der Waals surface area (Å²) in [5.41, 5.74) is 0.205. The first-order valence-electron chi connectivity index (χ1n) is 8.74. The molecule has 1 N–H and O–H groups in total. The van der Waals surface area contributed by atoms with Gasteiger partial charge in [0.05, 0.1) is 13.2 Å². The molecule has 128 valence electrons. The van der Waals surface area contributed by atoms with Crippen LogP contribution in [0.5, 0.6) is 0 Å². The summed E-state index contributed by atoms with van der Waals surface area (Å²) < 4.78 is 7.23. The van der Waals surface area contributed by atoms with Crippen LogP contribution in [0.4, 0.5) is 0 Å². The first kappa shape index (κ1) is 16.5. The molecule has 0 aromatic carbocycles. The number of ether oxygens (including phenoxy) is 1. The van der Waals surface area contributed by atoms with Gasteiger partial charge >= 0.3 is 0 Å². The molecule has 2 aliphatic rings. The van der Waals surface area contributed by atoms with Gasteiger partial charge in [0.25, 0.3) is 5.91 Å². The molecular formula is C17H28N4O2. The maximum absolute atomic E-state index is 12.4. The summed E-state index contributed by atoms with van der Waals surface area (Å²) >= 11 is 0.